The predicted octanol–water partition coefficient (Wildman–Crippen LogP) is 5.40. The molecule has 0 unspecified atom stereocenters. The molecule has 1 fully saturated rings. The highest BCUT2D eigenvalue weighted by molar-refractivity contribution is 6.30. The Hall–Kier alpha value is -4.19. The van der Waals surface area contributed by atoms with E-state index in [1.807, 2.05) is 6.92 Å². The van der Waals surface area contributed by atoms with Gasteiger partial charge in [0.1, 0.15) is 5.82 Å². The molecule has 0 aliphatic carbocycles. The second-order valence-corrected chi connectivity index (χ2v) is 10.3. The number of ether oxygens (including phenoxy) is 1. The molecule has 1 aromatic carbocycles. The maximum absolute atomic E-state index is 14.6. The van der Waals surface area contributed by atoms with Crippen molar-refractivity contribution in [2.75, 3.05) is 24.3 Å². The number of benzene rings is 1. The zero-order chi connectivity index (χ0) is 28.4. The number of hydrogen-bond donors (Lipinski definition) is 4. The molecule has 3 atom stereocenters. The van der Waals surface area contributed by atoms with E-state index in [0.29, 0.717) is 60.7 Å². The number of carbonyl (C=O) groups excluding carboxylic acids is 3. The Morgan fingerprint density at radius 1 is 1.23 bits per heavy atom. The average molecular weight is 570 g/mol. The molecule has 2 aliphatic heterocycles. The number of carbonyl (C=O) groups is 3. The first-order chi connectivity index (χ1) is 19.2. The SMILES string of the molecule is COC(=O)Nc1ccc2c(c1)NC(=O)[C@H](C)CCC[C@H](N1CC[C@@H](c3nccc(Cl)c3F)NC1=O)c1nc-2c[nH]1. The normalized spacial score (nSPS) is 21.3. The van der Waals surface area contributed by atoms with Crippen molar-refractivity contribution in [2.24, 2.45) is 5.92 Å². The molecule has 0 spiro atoms. The standard InChI is InChI=1S/C27H29ClFN7O4/c1-14-4-3-5-21(36-11-9-18(35-26(36)38)23-22(29)17(28)8-10-30-23)24-31-13-20(33-24)16-7-6-15(32-27(39)40-2)12-19(16)34-25(14)37/h6-8,10,12-14,18,21H,3-5,9,11H2,1-2H3,(H,31,33)(H,32,39)(H,34,37)(H,35,38)/t14-,18+,21+/m1/s1. The van der Waals surface area contributed by atoms with Crippen LogP contribution in [0.2, 0.25) is 5.02 Å². The lowest BCUT2D eigenvalue weighted by Crippen LogP contribution is -2.50. The van der Waals surface area contributed by atoms with Crippen molar-refractivity contribution in [3.63, 3.8) is 0 Å². The molecule has 5 rings (SSSR count). The molecule has 0 saturated carbocycles. The molecule has 4 amide bonds. The van der Waals surface area contributed by atoms with Crippen molar-refractivity contribution < 1.29 is 23.5 Å². The number of H-pyrrole nitrogens is 1. The van der Waals surface area contributed by atoms with Crippen LogP contribution in [0.25, 0.3) is 11.3 Å². The van der Waals surface area contributed by atoms with Gasteiger partial charge in [0.25, 0.3) is 0 Å². The Balaban J connectivity index is 1.44. The lowest BCUT2D eigenvalue weighted by Gasteiger charge is -2.37. The quantitative estimate of drug-likeness (QED) is 0.333. The van der Waals surface area contributed by atoms with Gasteiger partial charge in [-0.3, -0.25) is 15.1 Å². The Bertz CT molecular complexity index is 1450. The van der Waals surface area contributed by atoms with Gasteiger partial charge < -0.3 is 25.3 Å². The third-order valence-corrected chi connectivity index (χ3v) is 7.55. The van der Waals surface area contributed by atoms with Gasteiger partial charge in [-0.05, 0) is 43.5 Å². The third-order valence-electron chi connectivity index (χ3n) is 7.25. The highest BCUT2D eigenvalue weighted by Crippen LogP contribution is 2.36. The minimum absolute atomic E-state index is 0.0456. The largest absolute Gasteiger partial charge is 0.453 e. The molecule has 3 aromatic rings. The van der Waals surface area contributed by atoms with Crippen LogP contribution >= 0.6 is 11.6 Å². The Morgan fingerprint density at radius 2 is 2.05 bits per heavy atom. The lowest BCUT2D eigenvalue weighted by molar-refractivity contribution is -0.119. The van der Waals surface area contributed by atoms with Crippen molar-refractivity contribution in [3.05, 3.63) is 59.0 Å². The summed E-state index contributed by atoms with van der Waals surface area (Å²) in [4.78, 5) is 51.9. The van der Waals surface area contributed by atoms with Gasteiger partial charge in [-0.25, -0.2) is 19.0 Å². The van der Waals surface area contributed by atoms with Crippen molar-refractivity contribution in [1.82, 2.24) is 25.2 Å². The molecule has 2 aliphatic rings. The number of anilines is 2. The predicted molar refractivity (Wildman–Crippen MR) is 146 cm³/mol. The molecule has 13 heteroatoms. The fourth-order valence-corrected chi connectivity index (χ4v) is 5.22. The number of nitrogens with zero attached hydrogens (tertiary/aromatic N) is 3. The summed E-state index contributed by atoms with van der Waals surface area (Å²) in [6.07, 6.45) is 4.75. The van der Waals surface area contributed by atoms with E-state index >= 15 is 0 Å². The van der Waals surface area contributed by atoms with Gasteiger partial charge in [-0.1, -0.05) is 24.9 Å². The lowest BCUT2D eigenvalue weighted by atomic mass is 9.97. The molecular formula is C27H29ClFN7O4. The van der Waals surface area contributed by atoms with Gasteiger partial charge in [0, 0.05) is 36.1 Å². The van der Waals surface area contributed by atoms with E-state index < -0.39 is 24.0 Å². The molecule has 4 heterocycles. The first kappa shape index (κ1) is 27.4. The molecule has 4 N–H and O–H groups in total. The van der Waals surface area contributed by atoms with Crippen molar-refractivity contribution in [3.8, 4) is 11.3 Å². The number of fused-ring (bicyclic) bond motifs is 4. The minimum Gasteiger partial charge on any atom is -0.453 e. The molecule has 2 aromatic heterocycles. The van der Waals surface area contributed by atoms with Gasteiger partial charge in [0.2, 0.25) is 5.91 Å². The molecule has 0 radical (unpaired) electrons. The number of pyridine rings is 1. The van der Waals surface area contributed by atoms with Crippen molar-refractivity contribution in [2.45, 2.75) is 44.7 Å². The average Bonchev–Trinajstić information content (AvgIpc) is 3.42. The zero-order valence-corrected chi connectivity index (χ0v) is 22.7. The fraction of sp³-hybridized carbons (Fsp3) is 0.370. The Morgan fingerprint density at radius 3 is 2.83 bits per heavy atom. The van der Waals surface area contributed by atoms with E-state index in [0.717, 1.165) is 0 Å². The number of aromatic nitrogens is 3. The summed E-state index contributed by atoms with van der Waals surface area (Å²) in [5.74, 6) is -0.513. The first-order valence-corrected chi connectivity index (χ1v) is 13.4. The molecule has 1 saturated heterocycles. The molecule has 2 bridgehead atoms. The van der Waals surface area contributed by atoms with E-state index in [-0.39, 0.29) is 28.6 Å². The summed E-state index contributed by atoms with van der Waals surface area (Å²) in [5.41, 5.74) is 2.24. The number of urea groups is 1. The summed E-state index contributed by atoms with van der Waals surface area (Å²) in [6, 6.07) is 5.08. The van der Waals surface area contributed by atoms with Crippen LogP contribution in [0.3, 0.4) is 0 Å². The number of halogens is 2. The highest BCUT2D eigenvalue weighted by atomic mass is 35.5. The molecule has 210 valence electrons. The topological polar surface area (TPSA) is 141 Å². The van der Waals surface area contributed by atoms with Crippen molar-refractivity contribution in [1.29, 1.82) is 0 Å². The van der Waals surface area contributed by atoms with Gasteiger partial charge in [0.05, 0.1) is 41.3 Å². The maximum Gasteiger partial charge on any atom is 0.411 e. The summed E-state index contributed by atoms with van der Waals surface area (Å²) >= 11 is 5.92. The molecule has 40 heavy (non-hydrogen) atoms. The van der Waals surface area contributed by atoms with E-state index in [2.05, 4.69) is 30.7 Å². The summed E-state index contributed by atoms with van der Waals surface area (Å²) in [7, 11) is 1.27. The number of rotatable bonds is 3. The van der Waals surface area contributed by atoms with Crippen LogP contribution in [0.1, 0.15) is 56.2 Å². The molecular weight excluding hydrogens is 541 g/mol. The number of nitrogens with one attached hydrogen (secondary N) is 4. The smallest absolute Gasteiger partial charge is 0.411 e. The maximum atomic E-state index is 14.6. The number of imidazole rings is 1. The summed E-state index contributed by atoms with van der Waals surface area (Å²) in [6.45, 7) is 2.20. The Kier molecular flexibility index (Phi) is 7.88. The molecule has 11 nitrogen and oxygen atoms in total. The van der Waals surface area contributed by atoms with E-state index in [1.54, 1.807) is 29.3 Å². The number of aromatic amines is 1. The number of methoxy groups -OCH3 is 1. The van der Waals surface area contributed by atoms with Crippen LogP contribution in [0.4, 0.5) is 25.4 Å². The Labute approximate surface area is 234 Å². The van der Waals surface area contributed by atoms with Crippen LogP contribution in [-0.2, 0) is 9.53 Å². The van der Waals surface area contributed by atoms with Gasteiger partial charge in [-0.15, -0.1) is 0 Å². The van der Waals surface area contributed by atoms with E-state index in [1.165, 1.54) is 19.4 Å². The van der Waals surface area contributed by atoms with Gasteiger partial charge in [0.15, 0.2) is 5.82 Å². The van der Waals surface area contributed by atoms with Crippen LogP contribution in [-0.4, -0.2) is 51.5 Å². The van der Waals surface area contributed by atoms with Crippen LogP contribution in [0.5, 0.6) is 0 Å². The van der Waals surface area contributed by atoms with Crippen LogP contribution in [0.15, 0.2) is 36.7 Å². The second kappa shape index (κ2) is 11.5. The first-order valence-electron chi connectivity index (χ1n) is 13.0. The monoisotopic (exact) mass is 569 g/mol. The van der Waals surface area contributed by atoms with Gasteiger partial charge in [-0.2, -0.15) is 0 Å². The summed E-state index contributed by atoms with van der Waals surface area (Å²) < 4.78 is 19.3. The van der Waals surface area contributed by atoms with Crippen LogP contribution < -0.4 is 16.0 Å². The highest BCUT2D eigenvalue weighted by Gasteiger charge is 2.35. The fourth-order valence-electron chi connectivity index (χ4n) is 5.06. The van der Waals surface area contributed by atoms with E-state index in [9.17, 15) is 18.8 Å². The van der Waals surface area contributed by atoms with E-state index in [4.69, 9.17) is 16.6 Å². The minimum atomic E-state index is -0.638. The van der Waals surface area contributed by atoms with Gasteiger partial charge >= 0.3 is 12.1 Å². The number of hydrogen-bond acceptors (Lipinski definition) is 6. The summed E-state index contributed by atoms with van der Waals surface area (Å²) in [5, 5.41) is 8.39. The number of amides is 4. The zero-order valence-electron chi connectivity index (χ0n) is 22.0. The van der Waals surface area contributed by atoms with Crippen molar-refractivity contribution >= 4 is 41.0 Å². The third kappa shape index (κ3) is 5.57. The second-order valence-electron chi connectivity index (χ2n) is 9.86. The van der Waals surface area contributed by atoms with Crippen LogP contribution in [0, 0.1) is 11.7 Å².